The summed E-state index contributed by atoms with van der Waals surface area (Å²) in [5.41, 5.74) is 6.17. The number of rotatable bonds is 3. The zero-order valence-electron chi connectivity index (χ0n) is 8.45. The Morgan fingerprint density at radius 2 is 2.29 bits per heavy atom. The maximum Gasteiger partial charge on any atom is 0.181 e. The van der Waals surface area contributed by atoms with Crippen molar-refractivity contribution in [2.24, 2.45) is 5.73 Å². The van der Waals surface area contributed by atoms with Crippen LogP contribution in [0.5, 0.6) is 0 Å². The molecule has 78 valence electrons. The normalized spacial score (nSPS) is 20.1. The average Bonchev–Trinajstić information content (AvgIpc) is 2.86. The number of nitrogens with two attached hydrogens (primary N) is 1. The summed E-state index contributed by atoms with van der Waals surface area (Å²) >= 11 is 0. The number of aromatic nitrogens is 1. The van der Waals surface area contributed by atoms with E-state index < -0.39 is 0 Å². The zero-order chi connectivity index (χ0) is 10.0. The molecule has 2 N–H and O–H groups in total. The quantitative estimate of drug-likeness (QED) is 0.796. The molecule has 1 aromatic rings. The van der Waals surface area contributed by atoms with E-state index in [1.807, 2.05) is 0 Å². The average molecular weight is 196 g/mol. The van der Waals surface area contributed by atoms with Crippen LogP contribution in [0, 0.1) is 0 Å². The van der Waals surface area contributed by atoms with E-state index in [1.165, 1.54) is 19.2 Å². The minimum Gasteiger partial charge on any atom is -0.445 e. The summed E-state index contributed by atoms with van der Waals surface area (Å²) in [6.07, 6.45) is 5.82. The molecule has 0 radical (unpaired) electrons. The van der Waals surface area contributed by atoms with Gasteiger partial charge >= 0.3 is 0 Å². The van der Waals surface area contributed by atoms with Gasteiger partial charge in [0.1, 0.15) is 5.60 Å². The smallest absolute Gasteiger partial charge is 0.181 e. The molecule has 0 saturated heterocycles. The molecule has 2 rings (SSSR count). The first kappa shape index (κ1) is 9.68. The molecule has 0 atom stereocenters. The first-order valence-corrected chi connectivity index (χ1v) is 5.00. The molecule has 1 fully saturated rings. The Hall–Kier alpha value is -0.870. The highest BCUT2D eigenvalue weighted by Crippen LogP contribution is 2.42. The molecule has 0 spiro atoms. The van der Waals surface area contributed by atoms with Gasteiger partial charge in [0.15, 0.2) is 12.2 Å². The van der Waals surface area contributed by atoms with Crippen molar-refractivity contribution in [2.45, 2.75) is 37.8 Å². The van der Waals surface area contributed by atoms with Gasteiger partial charge in [-0.15, -0.1) is 0 Å². The largest absolute Gasteiger partial charge is 0.445 e. The third kappa shape index (κ3) is 1.35. The number of methoxy groups -OCH3 is 1. The third-order valence-corrected chi connectivity index (χ3v) is 3.05. The van der Waals surface area contributed by atoms with E-state index in [0.717, 1.165) is 24.3 Å². The lowest BCUT2D eigenvalue weighted by Crippen LogP contribution is -2.25. The van der Waals surface area contributed by atoms with Crippen molar-refractivity contribution in [3.8, 4) is 0 Å². The van der Waals surface area contributed by atoms with Crippen LogP contribution in [0.2, 0.25) is 0 Å². The van der Waals surface area contributed by atoms with Gasteiger partial charge in [0.2, 0.25) is 0 Å². The molecule has 1 aliphatic rings. The van der Waals surface area contributed by atoms with Crippen molar-refractivity contribution in [1.29, 1.82) is 0 Å². The molecular formula is C10H16N2O2. The monoisotopic (exact) mass is 196 g/mol. The van der Waals surface area contributed by atoms with E-state index in [-0.39, 0.29) is 5.60 Å². The van der Waals surface area contributed by atoms with E-state index >= 15 is 0 Å². The minimum atomic E-state index is -0.259. The topological polar surface area (TPSA) is 61.3 Å². The van der Waals surface area contributed by atoms with Crippen molar-refractivity contribution >= 4 is 0 Å². The SMILES string of the molecule is COC1(c2ocnc2CN)CCCC1. The summed E-state index contributed by atoms with van der Waals surface area (Å²) < 4.78 is 11.0. The summed E-state index contributed by atoms with van der Waals surface area (Å²) in [6, 6.07) is 0. The summed E-state index contributed by atoms with van der Waals surface area (Å²) in [7, 11) is 1.73. The zero-order valence-corrected chi connectivity index (χ0v) is 8.45. The minimum absolute atomic E-state index is 0.259. The van der Waals surface area contributed by atoms with Gasteiger partial charge in [0.05, 0.1) is 5.69 Å². The fourth-order valence-corrected chi connectivity index (χ4v) is 2.26. The number of ether oxygens (including phenoxy) is 1. The Balaban J connectivity index is 2.35. The maximum absolute atomic E-state index is 5.60. The first-order valence-electron chi connectivity index (χ1n) is 5.00. The Kier molecular flexibility index (Phi) is 2.56. The molecule has 14 heavy (non-hydrogen) atoms. The van der Waals surface area contributed by atoms with E-state index in [0.29, 0.717) is 6.54 Å². The molecule has 1 aliphatic carbocycles. The first-order chi connectivity index (χ1) is 6.82. The molecular weight excluding hydrogens is 180 g/mol. The Morgan fingerprint density at radius 1 is 1.57 bits per heavy atom. The van der Waals surface area contributed by atoms with Crippen molar-refractivity contribution < 1.29 is 9.15 Å². The van der Waals surface area contributed by atoms with Crippen LogP contribution in [0.3, 0.4) is 0 Å². The van der Waals surface area contributed by atoms with Crippen LogP contribution in [0.1, 0.15) is 37.1 Å². The summed E-state index contributed by atoms with van der Waals surface area (Å²) in [5.74, 6) is 0.833. The van der Waals surface area contributed by atoms with E-state index in [4.69, 9.17) is 14.9 Å². The molecule has 0 unspecified atom stereocenters. The molecule has 1 aromatic heterocycles. The third-order valence-electron chi connectivity index (χ3n) is 3.05. The fraction of sp³-hybridized carbons (Fsp3) is 0.700. The van der Waals surface area contributed by atoms with Gasteiger partial charge in [-0.05, 0) is 25.7 Å². The molecule has 4 heteroatoms. The van der Waals surface area contributed by atoms with Gasteiger partial charge < -0.3 is 14.9 Å². The summed E-state index contributed by atoms with van der Waals surface area (Å²) in [4.78, 5) is 4.10. The van der Waals surface area contributed by atoms with Crippen LogP contribution in [-0.4, -0.2) is 12.1 Å². The maximum atomic E-state index is 5.60. The van der Waals surface area contributed by atoms with Crippen LogP contribution >= 0.6 is 0 Å². The van der Waals surface area contributed by atoms with E-state index in [1.54, 1.807) is 7.11 Å². The lowest BCUT2D eigenvalue weighted by atomic mass is 9.97. The molecule has 4 nitrogen and oxygen atoms in total. The molecule has 1 saturated carbocycles. The molecule has 1 heterocycles. The molecule has 0 bridgehead atoms. The highest BCUT2D eigenvalue weighted by Gasteiger charge is 2.40. The van der Waals surface area contributed by atoms with Gasteiger partial charge in [-0.2, -0.15) is 0 Å². The van der Waals surface area contributed by atoms with Crippen molar-refractivity contribution in [3.63, 3.8) is 0 Å². The number of hydrogen-bond acceptors (Lipinski definition) is 4. The van der Waals surface area contributed by atoms with Crippen molar-refractivity contribution in [3.05, 3.63) is 17.8 Å². The predicted octanol–water partition coefficient (Wildman–Crippen LogP) is 1.55. The van der Waals surface area contributed by atoms with E-state index in [2.05, 4.69) is 4.98 Å². The Labute approximate surface area is 83.4 Å². The lowest BCUT2D eigenvalue weighted by Gasteiger charge is -2.25. The molecule has 0 aliphatic heterocycles. The van der Waals surface area contributed by atoms with Gasteiger partial charge in [-0.3, -0.25) is 0 Å². The van der Waals surface area contributed by atoms with E-state index in [9.17, 15) is 0 Å². The van der Waals surface area contributed by atoms with Gasteiger partial charge in [0.25, 0.3) is 0 Å². The van der Waals surface area contributed by atoms with Crippen molar-refractivity contribution in [1.82, 2.24) is 4.98 Å². The molecule has 0 amide bonds. The standard InChI is InChI=1S/C10H16N2O2/c1-13-10(4-2-3-5-10)9-8(6-11)12-7-14-9/h7H,2-6,11H2,1H3. The van der Waals surface area contributed by atoms with Crippen LogP contribution in [0.4, 0.5) is 0 Å². The second-order valence-electron chi connectivity index (χ2n) is 3.74. The Bertz CT molecular complexity index is 303. The Morgan fingerprint density at radius 3 is 2.86 bits per heavy atom. The highest BCUT2D eigenvalue weighted by atomic mass is 16.5. The van der Waals surface area contributed by atoms with Gasteiger partial charge in [-0.1, -0.05) is 0 Å². The summed E-state index contributed by atoms with van der Waals surface area (Å²) in [6.45, 7) is 0.414. The van der Waals surface area contributed by atoms with Crippen molar-refractivity contribution in [2.75, 3.05) is 7.11 Å². The van der Waals surface area contributed by atoms with Crippen LogP contribution < -0.4 is 5.73 Å². The molecule has 0 aromatic carbocycles. The lowest BCUT2D eigenvalue weighted by molar-refractivity contribution is -0.0269. The van der Waals surface area contributed by atoms with Gasteiger partial charge in [-0.25, -0.2) is 4.98 Å². The number of nitrogens with zero attached hydrogens (tertiary/aromatic N) is 1. The highest BCUT2D eigenvalue weighted by molar-refractivity contribution is 5.17. The number of hydrogen-bond donors (Lipinski definition) is 1. The number of oxazole rings is 1. The second-order valence-corrected chi connectivity index (χ2v) is 3.74. The van der Waals surface area contributed by atoms with Crippen LogP contribution in [0.15, 0.2) is 10.8 Å². The second kappa shape index (κ2) is 3.71. The predicted molar refractivity (Wildman–Crippen MR) is 51.5 cm³/mol. The van der Waals surface area contributed by atoms with Crippen LogP contribution in [0.25, 0.3) is 0 Å². The summed E-state index contributed by atoms with van der Waals surface area (Å²) in [5, 5.41) is 0. The van der Waals surface area contributed by atoms with Gasteiger partial charge in [0, 0.05) is 13.7 Å². The van der Waals surface area contributed by atoms with Crippen LogP contribution in [-0.2, 0) is 16.9 Å². The fourth-order valence-electron chi connectivity index (χ4n) is 2.26.